The number of amides is 1. The Morgan fingerprint density at radius 3 is 2.46 bits per heavy atom. The summed E-state index contributed by atoms with van der Waals surface area (Å²) in [4.78, 5) is 11.9. The number of carbonyl (C=O) groups excluding carboxylic acids is 1. The van der Waals surface area contributed by atoms with Gasteiger partial charge >= 0.3 is 6.09 Å². The van der Waals surface area contributed by atoms with Crippen LogP contribution in [0.15, 0.2) is 48.5 Å². The second kappa shape index (κ2) is 6.38. The van der Waals surface area contributed by atoms with Gasteiger partial charge < -0.3 is 4.74 Å². The van der Waals surface area contributed by atoms with Crippen LogP contribution in [0.5, 0.6) is 0 Å². The number of hydrogen-bond acceptors (Lipinski definition) is 4. The molecule has 2 aromatic carbocycles. The standard InChI is InChI=1S/C18H15NO4S/c1-24(21,22)19-18(20)23-17-12-15-8-3-2-6-13(15)10-11-14-7-4-5-9-16(14)17/h2-9,17H,12H2,1H3,(H,19,20). The Balaban J connectivity index is 2.00. The third-order valence-corrected chi connectivity index (χ3v) is 4.12. The molecule has 0 fully saturated rings. The fourth-order valence-corrected chi connectivity index (χ4v) is 2.92. The molecule has 0 saturated carbocycles. The summed E-state index contributed by atoms with van der Waals surface area (Å²) in [7, 11) is -3.68. The summed E-state index contributed by atoms with van der Waals surface area (Å²) in [5.74, 6) is 6.22. The largest absolute Gasteiger partial charge is 0.440 e. The zero-order valence-electron chi connectivity index (χ0n) is 12.9. The van der Waals surface area contributed by atoms with Gasteiger partial charge in [0.15, 0.2) is 0 Å². The molecule has 3 rings (SSSR count). The highest BCUT2D eigenvalue weighted by Crippen LogP contribution is 2.28. The summed E-state index contributed by atoms with van der Waals surface area (Å²) >= 11 is 0. The first kappa shape index (κ1) is 16.1. The molecular weight excluding hydrogens is 326 g/mol. The van der Waals surface area contributed by atoms with Crippen LogP contribution >= 0.6 is 0 Å². The van der Waals surface area contributed by atoms with Gasteiger partial charge in [0.2, 0.25) is 10.0 Å². The van der Waals surface area contributed by atoms with Crippen molar-refractivity contribution in [2.45, 2.75) is 12.5 Å². The van der Waals surface area contributed by atoms with Gasteiger partial charge in [-0.2, -0.15) is 0 Å². The van der Waals surface area contributed by atoms with Gasteiger partial charge in [0.1, 0.15) is 6.10 Å². The summed E-state index contributed by atoms with van der Waals surface area (Å²) in [6.45, 7) is 0. The van der Waals surface area contributed by atoms with Gasteiger partial charge in [-0.3, -0.25) is 0 Å². The van der Waals surface area contributed by atoms with E-state index in [1.54, 1.807) is 0 Å². The Morgan fingerprint density at radius 2 is 1.71 bits per heavy atom. The molecule has 0 bridgehead atoms. The minimum atomic E-state index is -3.68. The third-order valence-electron chi connectivity index (χ3n) is 3.58. The van der Waals surface area contributed by atoms with Gasteiger partial charge in [0.25, 0.3) is 0 Å². The van der Waals surface area contributed by atoms with E-state index in [1.807, 2.05) is 53.3 Å². The quantitative estimate of drug-likeness (QED) is 0.851. The molecule has 0 aromatic heterocycles. The highest BCUT2D eigenvalue weighted by Gasteiger charge is 2.23. The van der Waals surface area contributed by atoms with Crippen molar-refractivity contribution in [3.63, 3.8) is 0 Å². The maximum atomic E-state index is 11.9. The van der Waals surface area contributed by atoms with Crippen molar-refractivity contribution in [3.8, 4) is 11.8 Å². The molecule has 2 aromatic rings. The normalized spacial score (nSPS) is 15.6. The van der Waals surface area contributed by atoms with Crippen molar-refractivity contribution >= 4 is 16.1 Å². The topological polar surface area (TPSA) is 72.5 Å². The molecule has 0 radical (unpaired) electrons. The molecule has 0 spiro atoms. The Labute approximate surface area is 140 Å². The Kier molecular flexibility index (Phi) is 4.28. The SMILES string of the molecule is CS(=O)(=O)NC(=O)OC1Cc2ccccc2C#Cc2ccccc21. The molecule has 0 aliphatic heterocycles. The van der Waals surface area contributed by atoms with E-state index in [4.69, 9.17) is 4.74 Å². The van der Waals surface area contributed by atoms with Gasteiger partial charge in [0.05, 0.1) is 6.26 Å². The molecule has 1 aliphatic carbocycles. The van der Waals surface area contributed by atoms with Crippen LogP contribution in [0.3, 0.4) is 0 Å². The molecule has 1 unspecified atom stereocenters. The van der Waals surface area contributed by atoms with Crippen molar-refractivity contribution in [1.29, 1.82) is 0 Å². The van der Waals surface area contributed by atoms with Crippen molar-refractivity contribution in [2.75, 3.05) is 6.26 Å². The minimum absolute atomic E-state index is 0.416. The Hall–Kier alpha value is -2.78. The molecule has 0 heterocycles. The van der Waals surface area contributed by atoms with E-state index in [0.29, 0.717) is 6.42 Å². The van der Waals surface area contributed by atoms with Gasteiger partial charge in [-0.15, -0.1) is 0 Å². The van der Waals surface area contributed by atoms with Gasteiger partial charge in [0, 0.05) is 23.1 Å². The van der Waals surface area contributed by atoms with Gasteiger partial charge in [-0.1, -0.05) is 48.2 Å². The predicted molar refractivity (Wildman–Crippen MR) is 89.8 cm³/mol. The molecule has 1 aliphatic rings. The number of fused-ring (bicyclic) bond motifs is 2. The second-order valence-electron chi connectivity index (χ2n) is 5.47. The molecule has 6 heteroatoms. The fourth-order valence-electron chi connectivity index (χ4n) is 2.57. The average molecular weight is 341 g/mol. The molecular formula is C18H15NO4S. The summed E-state index contributed by atoms with van der Waals surface area (Å²) in [5, 5.41) is 0. The van der Waals surface area contributed by atoms with Crippen molar-refractivity contribution in [2.24, 2.45) is 0 Å². The Morgan fingerprint density at radius 1 is 1.08 bits per heavy atom. The van der Waals surface area contributed by atoms with Crippen LogP contribution in [0.25, 0.3) is 0 Å². The second-order valence-corrected chi connectivity index (χ2v) is 7.22. The number of rotatable bonds is 2. The van der Waals surface area contributed by atoms with Crippen LogP contribution in [-0.2, 0) is 21.2 Å². The lowest BCUT2D eigenvalue weighted by atomic mass is 9.92. The monoisotopic (exact) mass is 341 g/mol. The van der Waals surface area contributed by atoms with E-state index in [9.17, 15) is 13.2 Å². The average Bonchev–Trinajstić information content (AvgIpc) is 2.50. The first-order chi connectivity index (χ1) is 11.4. The molecule has 5 nitrogen and oxygen atoms in total. The zero-order valence-corrected chi connectivity index (χ0v) is 13.8. The van der Waals surface area contributed by atoms with Crippen molar-refractivity contribution < 1.29 is 17.9 Å². The fraction of sp³-hybridized carbons (Fsp3) is 0.167. The smallest absolute Gasteiger partial charge is 0.421 e. The molecule has 1 amide bonds. The summed E-state index contributed by atoms with van der Waals surface area (Å²) in [5.41, 5.74) is 3.31. The van der Waals surface area contributed by atoms with Gasteiger partial charge in [-0.25, -0.2) is 17.9 Å². The maximum absolute atomic E-state index is 11.9. The van der Waals surface area contributed by atoms with Gasteiger partial charge in [-0.05, 0) is 17.7 Å². The first-order valence-corrected chi connectivity index (χ1v) is 9.19. The molecule has 1 N–H and O–H groups in total. The molecule has 122 valence electrons. The highest BCUT2D eigenvalue weighted by atomic mass is 32.2. The lowest BCUT2D eigenvalue weighted by molar-refractivity contribution is 0.103. The van der Waals surface area contributed by atoms with Crippen LogP contribution in [0, 0.1) is 11.8 Å². The molecule has 1 atom stereocenters. The van der Waals surface area contributed by atoms with E-state index in [1.165, 1.54) is 0 Å². The summed E-state index contributed by atoms with van der Waals surface area (Å²) < 4.78 is 29.7. The number of carbonyl (C=O) groups is 1. The molecule has 24 heavy (non-hydrogen) atoms. The van der Waals surface area contributed by atoms with Crippen molar-refractivity contribution in [1.82, 2.24) is 4.72 Å². The zero-order chi connectivity index (χ0) is 17.2. The number of benzene rings is 2. The third kappa shape index (κ3) is 3.76. The van der Waals surface area contributed by atoms with E-state index in [-0.39, 0.29) is 0 Å². The maximum Gasteiger partial charge on any atom is 0.421 e. The minimum Gasteiger partial charge on any atom is -0.440 e. The van der Waals surface area contributed by atoms with Crippen LogP contribution < -0.4 is 4.72 Å². The lowest BCUT2D eigenvalue weighted by Crippen LogP contribution is -2.31. The highest BCUT2D eigenvalue weighted by molar-refractivity contribution is 7.89. The van der Waals surface area contributed by atoms with Crippen LogP contribution in [0.1, 0.15) is 28.4 Å². The van der Waals surface area contributed by atoms with E-state index < -0.39 is 22.2 Å². The predicted octanol–water partition coefficient (Wildman–Crippen LogP) is 2.37. The lowest BCUT2D eigenvalue weighted by Gasteiger charge is -2.21. The van der Waals surface area contributed by atoms with Crippen LogP contribution in [0.2, 0.25) is 0 Å². The summed E-state index contributed by atoms with van der Waals surface area (Å²) in [6.07, 6.45) is -0.304. The van der Waals surface area contributed by atoms with E-state index in [2.05, 4.69) is 11.8 Å². The van der Waals surface area contributed by atoms with E-state index >= 15 is 0 Å². The van der Waals surface area contributed by atoms with Crippen LogP contribution in [-0.4, -0.2) is 20.8 Å². The molecule has 0 saturated heterocycles. The number of sulfonamides is 1. The number of nitrogens with one attached hydrogen (secondary N) is 1. The van der Waals surface area contributed by atoms with E-state index in [0.717, 1.165) is 28.5 Å². The Bertz CT molecular complexity index is 954. The van der Waals surface area contributed by atoms with Crippen molar-refractivity contribution in [3.05, 3.63) is 70.8 Å². The number of ether oxygens (including phenoxy) is 1. The summed E-state index contributed by atoms with van der Waals surface area (Å²) in [6, 6.07) is 15.0. The number of hydrogen-bond donors (Lipinski definition) is 1. The van der Waals surface area contributed by atoms with Crippen LogP contribution in [0.4, 0.5) is 4.79 Å². The first-order valence-electron chi connectivity index (χ1n) is 7.29.